The summed E-state index contributed by atoms with van der Waals surface area (Å²) in [5.74, 6) is 2.84. The number of halogens is 1. The fraction of sp³-hybridized carbons (Fsp3) is 0.429. The van der Waals surface area contributed by atoms with Crippen LogP contribution in [0.5, 0.6) is 0 Å². The summed E-state index contributed by atoms with van der Waals surface area (Å²) in [6, 6.07) is 4.61. The van der Waals surface area contributed by atoms with Crippen molar-refractivity contribution in [2.24, 2.45) is 11.7 Å². The number of sulfonamides is 1. The van der Waals surface area contributed by atoms with Crippen LogP contribution in [0, 0.1) is 18.3 Å². The van der Waals surface area contributed by atoms with E-state index in [1.165, 1.54) is 16.4 Å². The minimum Gasteiger partial charge on any atom is -0.326 e. The van der Waals surface area contributed by atoms with E-state index >= 15 is 0 Å². The number of hydrogen-bond donors (Lipinski definition) is 1. The third-order valence-corrected chi connectivity index (χ3v) is 5.47. The summed E-state index contributed by atoms with van der Waals surface area (Å²) in [4.78, 5) is 0.163. The summed E-state index contributed by atoms with van der Waals surface area (Å²) in [5.41, 5.74) is 6.24. The van der Waals surface area contributed by atoms with Crippen LogP contribution in [-0.2, 0) is 16.6 Å². The Kier molecular flexibility index (Phi) is 4.71. The molecule has 0 amide bonds. The predicted molar refractivity (Wildman–Crippen MR) is 79.7 cm³/mol. The van der Waals surface area contributed by atoms with Gasteiger partial charge in [0.2, 0.25) is 10.0 Å². The van der Waals surface area contributed by atoms with Crippen molar-refractivity contribution in [3.63, 3.8) is 0 Å². The van der Waals surface area contributed by atoms with Gasteiger partial charge in [0.05, 0.1) is 11.4 Å². The molecule has 0 saturated heterocycles. The van der Waals surface area contributed by atoms with Crippen LogP contribution in [0.25, 0.3) is 0 Å². The average molecular weight is 313 g/mol. The average Bonchev–Trinajstić information content (AvgIpc) is 3.22. The van der Waals surface area contributed by atoms with E-state index in [2.05, 4.69) is 5.92 Å². The van der Waals surface area contributed by atoms with Gasteiger partial charge in [-0.1, -0.05) is 23.6 Å². The van der Waals surface area contributed by atoms with Gasteiger partial charge in [-0.25, -0.2) is 8.42 Å². The number of benzene rings is 1. The summed E-state index contributed by atoms with van der Waals surface area (Å²) in [6.45, 7) is 0.827. The first-order chi connectivity index (χ1) is 9.48. The molecule has 0 aliphatic heterocycles. The van der Waals surface area contributed by atoms with Crippen LogP contribution in [0.2, 0.25) is 5.02 Å². The standard InChI is InChI=1S/C14H17ClN2O2S/c1-2-7-17(10-11-3-4-11)20(18,19)13-6-5-12(9-16)14(15)8-13/h1,5-6,8,11H,3-4,7,9-10,16H2. The fourth-order valence-electron chi connectivity index (χ4n) is 1.94. The zero-order valence-corrected chi connectivity index (χ0v) is 12.6. The van der Waals surface area contributed by atoms with Crippen LogP contribution < -0.4 is 5.73 Å². The lowest BCUT2D eigenvalue weighted by Crippen LogP contribution is -2.33. The maximum Gasteiger partial charge on any atom is 0.244 e. The molecule has 6 heteroatoms. The second kappa shape index (κ2) is 6.15. The number of hydrogen-bond acceptors (Lipinski definition) is 3. The molecule has 0 spiro atoms. The zero-order valence-electron chi connectivity index (χ0n) is 11.0. The molecule has 0 aromatic heterocycles. The van der Waals surface area contributed by atoms with Gasteiger partial charge in [0.15, 0.2) is 0 Å². The van der Waals surface area contributed by atoms with Crippen molar-refractivity contribution in [2.75, 3.05) is 13.1 Å². The summed E-state index contributed by atoms with van der Waals surface area (Å²) in [7, 11) is -3.60. The Balaban J connectivity index is 2.31. The molecule has 0 atom stereocenters. The smallest absolute Gasteiger partial charge is 0.244 e. The lowest BCUT2D eigenvalue weighted by atomic mass is 10.2. The Morgan fingerprint density at radius 1 is 1.45 bits per heavy atom. The summed E-state index contributed by atoms with van der Waals surface area (Å²) < 4.78 is 26.5. The van der Waals surface area contributed by atoms with Gasteiger partial charge < -0.3 is 5.73 Å². The van der Waals surface area contributed by atoms with Crippen LogP contribution in [0.1, 0.15) is 18.4 Å². The molecule has 1 saturated carbocycles. The first-order valence-corrected chi connectivity index (χ1v) is 8.23. The van der Waals surface area contributed by atoms with E-state index in [4.69, 9.17) is 23.8 Å². The summed E-state index contributed by atoms with van der Waals surface area (Å²) in [6.07, 6.45) is 7.40. The molecule has 0 heterocycles. The van der Waals surface area contributed by atoms with Crippen LogP contribution in [-0.4, -0.2) is 25.8 Å². The number of nitrogens with zero attached hydrogens (tertiary/aromatic N) is 1. The van der Waals surface area contributed by atoms with E-state index < -0.39 is 10.0 Å². The highest BCUT2D eigenvalue weighted by atomic mass is 35.5. The van der Waals surface area contributed by atoms with Crippen molar-refractivity contribution in [2.45, 2.75) is 24.3 Å². The van der Waals surface area contributed by atoms with E-state index in [0.717, 1.165) is 18.4 Å². The van der Waals surface area contributed by atoms with Crippen LogP contribution >= 0.6 is 11.6 Å². The van der Waals surface area contributed by atoms with Crippen molar-refractivity contribution < 1.29 is 8.42 Å². The molecule has 108 valence electrons. The molecular formula is C14H17ClN2O2S. The van der Waals surface area contributed by atoms with Crippen molar-refractivity contribution in [1.29, 1.82) is 0 Å². The Bertz CT molecular complexity index is 633. The number of rotatable bonds is 6. The summed E-state index contributed by atoms with van der Waals surface area (Å²) >= 11 is 6.03. The number of nitrogens with two attached hydrogens (primary N) is 1. The Labute approximate surface area is 125 Å². The van der Waals surface area contributed by atoms with Gasteiger partial charge in [-0.05, 0) is 36.5 Å². The molecule has 0 bridgehead atoms. The topological polar surface area (TPSA) is 63.4 Å². The van der Waals surface area contributed by atoms with Crippen LogP contribution in [0.15, 0.2) is 23.1 Å². The monoisotopic (exact) mass is 312 g/mol. The quantitative estimate of drug-likeness (QED) is 0.815. The summed E-state index contributed by atoms with van der Waals surface area (Å²) in [5, 5.41) is 0.362. The molecule has 0 unspecified atom stereocenters. The largest absolute Gasteiger partial charge is 0.326 e. The first kappa shape index (κ1) is 15.3. The molecule has 1 aromatic carbocycles. The first-order valence-electron chi connectivity index (χ1n) is 6.41. The third-order valence-electron chi connectivity index (χ3n) is 3.31. The van der Waals surface area contributed by atoms with Gasteiger partial charge in [-0.15, -0.1) is 6.42 Å². The minimum atomic E-state index is -3.60. The Hall–Kier alpha value is -1.06. The van der Waals surface area contributed by atoms with Gasteiger partial charge in [0.25, 0.3) is 0 Å². The van der Waals surface area contributed by atoms with Crippen LogP contribution in [0.3, 0.4) is 0 Å². The van der Waals surface area contributed by atoms with Crippen LogP contribution in [0.4, 0.5) is 0 Å². The van der Waals surface area contributed by atoms with Crippen molar-refractivity contribution in [3.05, 3.63) is 28.8 Å². The van der Waals surface area contributed by atoms with E-state index in [1.807, 2.05) is 0 Å². The van der Waals surface area contributed by atoms with E-state index in [0.29, 0.717) is 17.5 Å². The maximum atomic E-state index is 12.6. The highest BCUT2D eigenvalue weighted by Gasteiger charge is 2.31. The van der Waals surface area contributed by atoms with Crippen molar-refractivity contribution in [3.8, 4) is 12.3 Å². The molecule has 2 N–H and O–H groups in total. The van der Waals surface area contributed by atoms with E-state index in [1.54, 1.807) is 6.07 Å². The van der Waals surface area contributed by atoms with Crippen molar-refractivity contribution >= 4 is 21.6 Å². The highest BCUT2D eigenvalue weighted by molar-refractivity contribution is 7.89. The third kappa shape index (κ3) is 3.33. The molecular weight excluding hydrogens is 296 g/mol. The maximum absolute atomic E-state index is 12.6. The van der Waals surface area contributed by atoms with Gasteiger partial charge >= 0.3 is 0 Å². The molecule has 1 aliphatic carbocycles. The van der Waals surface area contributed by atoms with Gasteiger partial charge in [-0.2, -0.15) is 4.31 Å². The SMILES string of the molecule is C#CCN(CC1CC1)S(=O)(=O)c1ccc(CN)c(Cl)c1. The lowest BCUT2D eigenvalue weighted by molar-refractivity contribution is 0.430. The van der Waals surface area contributed by atoms with E-state index in [9.17, 15) is 8.42 Å². The molecule has 1 fully saturated rings. The molecule has 2 rings (SSSR count). The Morgan fingerprint density at radius 2 is 2.15 bits per heavy atom. The van der Waals surface area contributed by atoms with Crippen molar-refractivity contribution in [1.82, 2.24) is 4.31 Å². The zero-order chi connectivity index (χ0) is 14.8. The molecule has 4 nitrogen and oxygen atoms in total. The Morgan fingerprint density at radius 3 is 2.65 bits per heavy atom. The normalized spacial score (nSPS) is 15.3. The molecule has 1 aromatic rings. The molecule has 0 radical (unpaired) electrons. The second-order valence-electron chi connectivity index (χ2n) is 4.90. The predicted octanol–water partition coefficient (Wildman–Crippen LogP) is 1.83. The minimum absolute atomic E-state index is 0.0785. The molecule has 20 heavy (non-hydrogen) atoms. The fourth-order valence-corrected chi connectivity index (χ4v) is 3.72. The lowest BCUT2D eigenvalue weighted by Gasteiger charge is -2.20. The molecule has 1 aliphatic rings. The number of terminal acetylenes is 1. The van der Waals surface area contributed by atoms with E-state index in [-0.39, 0.29) is 18.0 Å². The van der Waals surface area contributed by atoms with Gasteiger partial charge in [0.1, 0.15) is 0 Å². The second-order valence-corrected chi connectivity index (χ2v) is 7.25. The van der Waals surface area contributed by atoms with Gasteiger partial charge in [-0.3, -0.25) is 0 Å². The van der Waals surface area contributed by atoms with Gasteiger partial charge in [0, 0.05) is 18.1 Å². The highest BCUT2D eigenvalue weighted by Crippen LogP contribution is 2.32.